The summed E-state index contributed by atoms with van der Waals surface area (Å²) in [5.74, 6) is -0.0800. The molecule has 0 aromatic carbocycles. The van der Waals surface area contributed by atoms with Crippen LogP contribution in [0.25, 0.3) is 11.1 Å². The van der Waals surface area contributed by atoms with Gasteiger partial charge < -0.3 is 5.73 Å². The average Bonchev–Trinajstić information content (AvgIpc) is 2.23. The Kier molecular flexibility index (Phi) is 2.10. The van der Waals surface area contributed by atoms with Gasteiger partial charge in [0.15, 0.2) is 0 Å². The predicted octanol–water partition coefficient (Wildman–Crippen LogP) is 1.86. The Morgan fingerprint density at radius 1 is 1.21 bits per heavy atom. The van der Waals surface area contributed by atoms with E-state index in [1.807, 2.05) is 0 Å². The summed E-state index contributed by atoms with van der Waals surface area (Å²) in [6.07, 6.45) is 4.35. The Hall–Kier alpha value is -1.97. The van der Waals surface area contributed by atoms with Crippen LogP contribution < -0.4 is 5.73 Å². The Morgan fingerprint density at radius 2 is 1.93 bits per heavy atom. The van der Waals surface area contributed by atoms with Crippen LogP contribution >= 0.6 is 0 Å². The molecule has 0 spiro atoms. The fourth-order valence-corrected chi connectivity index (χ4v) is 1.21. The zero-order chi connectivity index (χ0) is 9.97. The van der Waals surface area contributed by atoms with Gasteiger partial charge in [-0.3, -0.25) is 4.98 Å². The molecular formula is C10H8FN3. The highest BCUT2D eigenvalue weighted by Gasteiger charge is 2.04. The third-order valence-electron chi connectivity index (χ3n) is 1.88. The minimum Gasteiger partial charge on any atom is -0.383 e. The van der Waals surface area contributed by atoms with E-state index >= 15 is 0 Å². The zero-order valence-corrected chi connectivity index (χ0v) is 7.31. The maximum Gasteiger partial charge on any atom is 0.142 e. The van der Waals surface area contributed by atoms with Gasteiger partial charge in [0.05, 0.1) is 6.20 Å². The molecule has 0 unspecified atom stereocenters. The maximum atomic E-state index is 12.9. The highest BCUT2D eigenvalue weighted by atomic mass is 19.1. The predicted molar refractivity (Wildman–Crippen MR) is 51.8 cm³/mol. The number of pyridine rings is 2. The molecule has 2 heterocycles. The summed E-state index contributed by atoms with van der Waals surface area (Å²) < 4.78 is 12.9. The number of halogens is 1. The lowest BCUT2D eigenvalue weighted by Gasteiger charge is -2.03. The summed E-state index contributed by atoms with van der Waals surface area (Å²) in [6.45, 7) is 0. The molecule has 2 rings (SSSR count). The summed E-state index contributed by atoms with van der Waals surface area (Å²) in [4.78, 5) is 7.61. The van der Waals surface area contributed by atoms with Gasteiger partial charge in [-0.1, -0.05) is 0 Å². The molecule has 0 aliphatic rings. The van der Waals surface area contributed by atoms with Crippen LogP contribution in [0.2, 0.25) is 0 Å². The van der Waals surface area contributed by atoms with Crippen molar-refractivity contribution in [3.63, 3.8) is 0 Å². The Labute approximate surface area is 80.4 Å². The maximum absolute atomic E-state index is 12.9. The first kappa shape index (κ1) is 8.62. The van der Waals surface area contributed by atoms with Crippen molar-refractivity contribution in [3.8, 4) is 11.1 Å². The highest BCUT2D eigenvalue weighted by molar-refractivity contribution is 5.72. The smallest absolute Gasteiger partial charge is 0.142 e. The van der Waals surface area contributed by atoms with Gasteiger partial charge in [0, 0.05) is 18.0 Å². The van der Waals surface area contributed by atoms with E-state index in [4.69, 9.17) is 5.73 Å². The van der Waals surface area contributed by atoms with Crippen LogP contribution in [0.3, 0.4) is 0 Å². The molecule has 0 bridgehead atoms. The van der Waals surface area contributed by atoms with Gasteiger partial charge in [-0.05, 0) is 23.8 Å². The molecule has 0 saturated carbocycles. The van der Waals surface area contributed by atoms with E-state index in [2.05, 4.69) is 9.97 Å². The van der Waals surface area contributed by atoms with E-state index < -0.39 is 5.82 Å². The van der Waals surface area contributed by atoms with Gasteiger partial charge in [-0.15, -0.1) is 0 Å². The molecule has 3 nitrogen and oxygen atoms in total. The van der Waals surface area contributed by atoms with Crippen LogP contribution in [-0.2, 0) is 0 Å². The molecule has 0 radical (unpaired) electrons. The van der Waals surface area contributed by atoms with Gasteiger partial charge in [-0.2, -0.15) is 0 Å². The SMILES string of the molecule is Nc1ncc(F)cc1-c1ccncc1. The second kappa shape index (κ2) is 3.41. The van der Waals surface area contributed by atoms with Crippen LogP contribution in [0.15, 0.2) is 36.8 Å². The van der Waals surface area contributed by atoms with Gasteiger partial charge in [-0.25, -0.2) is 9.37 Å². The lowest BCUT2D eigenvalue weighted by Crippen LogP contribution is -1.94. The summed E-state index contributed by atoms with van der Waals surface area (Å²) >= 11 is 0. The van der Waals surface area contributed by atoms with Crippen molar-refractivity contribution < 1.29 is 4.39 Å². The Morgan fingerprint density at radius 3 is 2.64 bits per heavy atom. The minimum atomic E-state index is -0.397. The van der Waals surface area contributed by atoms with Crippen LogP contribution in [0.4, 0.5) is 10.2 Å². The fourth-order valence-electron chi connectivity index (χ4n) is 1.21. The van der Waals surface area contributed by atoms with Gasteiger partial charge in [0.2, 0.25) is 0 Å². The molecular weight excluding hydrogens is 181 g/mol. The van der Waals surface area contributed by atoms with Crippen LogP contribution in [-0.4, -0.2) is 9.97 Å². The van der Waals surface area contributed by atoms with E-state index in [-0.39, 0.29) is 0 Å². The second-order valence-corrected chi connectivity index (χ2v) is 2.82. The van der Waals surface area contributed by atoms with E-state index in [0.717, 1.165) is 11.8 Å². The first-order chi connectivity index (χ1) is 6.77. The standard InChI is InChI=1S/C10H8FN3/c11-8-5-9(10(12)14-6-8)7-1-3-13-4-2-7/h1-6H,(H2,12,14). The number of rotatable bonds is 1. The van der Waals surface area contributed by atoms with Crippen LogP contribution in [0.5, 0.6) is 0 Å². The van der Waals surface area contributed by atoms with Crippen molar-refractivity contribution in [3.05, 3.63) is 42.6 Å². The monoisotopic (exact) mass is 189 g/mol. The first-order valence-corrected chi connectivity index (χ1v) is 4.09. The Bertz CT molecular complexity index is 442. The number of anilines is 1. The summed E-state index contributed by atoms with van der Waals surface area (Å²) in [7, 11) is 0. The van der Waals surface area contributed by atoms with Crippen molar-refractivity contribution in [2.45, 2.75) is 0 Å². The van der Waals surface area contributed by atoms with Gasteiger partial charge in [0.1, 0.15) is 11.6 Å². The lowest BCUT2D eigenvalue weighted by atomic mass is 10.1. The van der Waals surface area contributed by atoms with E-state index in [1.54, 1.807) is 24.5 Å². The van der Waals surface area contributed by atoms with Crippen molar-refractivity contribution in [2.75, 3.05) is 5.73 Å². The summed E-state index contributed by atoms with van der Waals surface area (Å²) in [5, 5.41) is 0. The fraction of sp³-hybridized carbons (Fsp3) is 0. The molecule has 0 aliphatic heterocycles. The molecule has 0 amide bonds. The van der Waals surface area contributed by atoms with Crippen molar-refractivity contribution in [1.82, 2.24) is 9.97 Å². The average molecular weight is 189 g/mol. The number of nitrogens with two attached hydrogens (primary N) is 1. The molecule has 0 saturated heterocycles. The number of nitrogens with zero attached hydrogens (tertiary/aromatic N) is 2. The van der Waals surface area contributed by atoms with E-state index in [9.17, 15) is 4.39 Å². The third-order valence-corrected chi connectivity index (χ3v) is 1.88. The molecule has 0 atom stereocenters. The first-order valence-electron chi connectivity index (χ1n) is 4.09. The Balaban J connectivity index is 2.57. The number of nitrogen functional groups attached to an aromatic ring is 1. The summed E-state index contributed by atoms with van der Waals surface area (Å²) in [6, 6.07) is 4.87. The normalized spacial score (nSPS) is 10.1. The molecule has 2 N–H and O–H groups in total. The highest BCUT2D eigenvalue weighted by Crippen LogP contribution is 2.23. The molecule has 14 heavy (non-hydrogen) atoms. The minimum absolute atomic E-state index is 0.317. The second-order valence-electron chi connectivity index (χ2n) is 2.82. The molecule has 0 fully saturated rings. The van der Waals surface area contributed by atoms with E-state index in [1.165, 1.54) is 6.07 Å². The number of hydrogen-bond donors (Lipinski definition) is 1. The molecule has 0 aliphatic carbocycles. The van der Waals surface area contributed by atoms with Crippen LogP contribution in [0, 0.1) is 5.82 Å². The third kappa shape index (κ3) is 1.54. The largest absolute Gasteiger partial charge is 0.383 e. The topological polar surface area (TPSA) is 51.8 Å². The number of aromatic nitrogens is 2. The quantitative estimate of drug-likeness (QED) is 0.744. The molecule has 70 valence electrons. The van der Waals surface area contributed by atoms with Gasteiger partial charge >= 0.3 is 0 Å². The van der Waals surface area contributed by atoms with E-state index in [0.29, 0.717) is 11.4 Å². The zero-order valence-electron chi connectivity index (χ0n) is 7.31. The molecule has 2 aromatic heterocycles. The van der Waals surface area contributed by atoms with Crippen molar-refractivity contribution in [2.24, 2.45) is 0 Å². The number of hydrogen-bond acceptors (Lipinski definition) is 3. The van der Waals surface area contributed by atoms with Crippen molar-refractivity contribution >= 4 is 5.82 Å². The van der Waals surface area contributed by atoms with Crippen molar-refractivity contribution in [1.29, 1.82) is 0 Å². The molecule has 4 heteroatoms. The van der Waals surface area contributed by atoms with Crippen LogP contribution in [0.1, 0.15) is 0 Å². The summed E-state index contributed by atoms with van der Waals surface area (Å²) in [5.41, 5.74) is 7.02. The lowest BCUT2D eigenvalue weighted by molar-refractivity contribution is 0.622. The molecule has 2 aromatic rings. The van der Waals surface area contributed by atoms with Gasteiger partial charge in [0.25, 0.3) is 0 Å².